The van der Waals surface area contributed by atoms with Crippen LogP contribution in [0.15, 0.2) is 17.8 Å². The van der Waals surface area contributed by atoms with E-state index in [0.717, 1.165) is 6.08 Å². The van der Waals surface area contributed by atoms with E-state index in [4.69, 9.17) is 8.27 Å². The van der Waals surface area contributed by atoms with Gasteiger partial charge in [0.05, 0.1) is 0 Å². The molecule has 0 aliphatic heterocycles. The maximum Gasteiger partial charge on any atom is 0.0437 e. The smallest absolute Gasteiger partial charge is 0.0437 e. The maximum absolute atomic E-state index is 7.70. The van der Waals surface area contributed by atoms with Gasteiger partial charge in [0.2, 0.25) is 0 Å². The van der Waals surface area contributed by atoms with Crippen molar-refractivity contribution in [2.75, 3.05) is 6.50 Å². The van der Waals surface area contributed by atoms with Gasteiger partial charge in [0, 0.05) is 14.2 Å². The van der Waals surface area contributed by atoms with Gasteiger partial charge in [0.15, 0.2) is 0 Å². The molecule has 0 radical (unpaired) electrons. The third kappa shape index (κ3) is 3.05. The highest BCUT2D eigenvalue weighted by Gasteiger charge is 1.57. The Balaban J connectivity index is 4.11. The molecule has 0 aromatic carbocycles. The molecule has 0 unspecified atom stereocenters. The zero-order valence-corrected chi connectivity index (χ0v) is 3.13. The highest BCUT2D eigenvalue weighted by molar-refractivity contribution is 4.68. The van der Waals surface area contributed by atoms with Gasteiger partial charge in [0.1, 0.15) is 0 Å². The van der Waals surface area contributed by atoms with Crippen molar-refractivity contribution in [1.82, 2.24) is 0 Å². The number of azide groups is 1. The first kappa shape index (κ1) is 2.26. The monoisotopic (exact) mass is 85.1 g/mol. The fourth-order valence-corrected chi connectivity index (χ4v) is 0.0666. The van der Waals surface area contributed by atoms with Crippen molar-refractivity contribution >= 4 is 0 Å². The van der Waals surface area contributed by atoms with E-state index in [1.54, 1.807) is 0 Å². The molecule has 0 aromatic heterocycles. The summed E-state index contributed by atoms with van der Waals surface area (Å²) in [6.45, 7) is 1.18. The van der Waals surface area contributed by atoms with Gasteiger partial charge in [0.25, 0.3) is 0 Å². The summed E-state index contributed by atoms with van der Waals surface area (Å²) in [6.07, 6.45) is 0.937. The van der Waals surface area contributed by atoms with Crippen molar-refractivity contribution < 1.29 is 2.74 Å². The average Bonchev–Trinajstić information content (AvgIpc) is 1.67. The summed E-state index contributed by atoms with van der Waals surface area (Å²) in [4.78, 5) is 2.26. The van der Waals surface area contributed by atoms with Crippen molar-refractivity contribution in [3.05, 3.63) is 23.1 Å². The molecule has 0 aliphatic rings. The second kappa shape index (κ2) is 4.05. The normalized spacial score (nSPS) is 13.3. The van der Waals surface area contributed by atoms with E-state index >= 15 is 0 Å². The molecule has 6 heavy (non-hydrogen) atoms. The first-order valence-corrected chi connectivity index (χ1v) is 1.32. The van der Waals surface area contributed by atoms with Crippen LogP contribution in [0.2, 0.25) is 0 Å². The zero-order chi connectivity index (χ0) is 6.62. The lowest BCUT2D eigenvalue weighted by molar-refractivity contribution is 1.22. The largest absolute Gasteiger partial charge is 0.103 e. The Morgan fingerprint density at radius 1 is 2.33 bits per heavy atom. The van der Waals surface area contributed by atoms with Crippen molar-refractivity contribution in [2.24, 2.45) is 5.11 Å². The Bertz CT molecular complexity index is 135. The van der Waals surface area contributed by atoms with Crippen LogP contribution in [0.3, 0.4) is 0 Å². The number of rotatable bonds is 2. The van der Waals surface area contributed by atoms with Crippen LogP contribution in [0, 0.1) is 0 Å². The molecule has 0 aliphatic carbocycles. The Labute approximate surface area is 38.7 Å². The first-order chi connectivity index (χ1) is 3.62. The summed E-state index contributed by atoms with van der Waals surface area (Å²) in [5.74, 6) is 0. The summed E-state index contributed by atoms with van der Waals surface area (Å²) in [5, 5.41) is 2.77. The fourth-order valence-electron chi connectivity index (χ4n) is 0.0666. The molecule has 0 N–H and O–H groups in total. The van der Waals surface area contributed by atoms with Gasteiger partial charge in [-0.1, -0.05) is 11.2 Å². The molecule has 0 aromatic rings. The molecular formula is C3H5N3. The van der Waals surface area contributed by atoms with Crippen LogP contribution in [0.5, 0.6) is 0 Å². The highest BCUT2D eigenvalue weighted by atomic mass is 15.1. The van der Waals surface area contributed by atoms with Crippen molar-refractivity contribution in [2.45, 2.75) is 0 Å². The molecule has 0 heterocycles. The number of nitrogens with zero attached hydrogens (tertiary/aromatic N) is 3. The van der Waals surface area contributed by atoms with Gasteiger partial charge in [-0.05, 0) is 5.53 Å². The third-order valence-corrected chi connectivity index (χ3v) is 0.194. The molecule has 32 valence electrons. The quantitative estimate of drug-likeness (QED) is 0.211. The van der Waals surface area contributed by atoms with Gasteiger partial charge in [-0.15, -0.1) is 6.58 Å². The Hall–Kier alpha value is -0.950. The minimum atomic E-state index is -1.94. The second-order valence-electron chi connectivity index (χ2n) is 0.523. The molecule has 3 nitrogen and oxygen atoms in total. The van der Waals surface area contributed by atoms with Gasteiger partial charge in [-0.25, -0.2) is 0 Å². The molecule has 3 heteroatoms. The van der Waals surface area contributed by atoms with Gasteiger partial charge in [-0.2, -0.15) is 0 Å². The van der Waals surface area contributed by atoms with Crippen molar-refractivity contribution in [3.8, 4) is 0 Å². The SMILES string of the molecule is [2H]C([2H])(C=C)N=[N+]=[N-]. The first-order valence-electron chi connectivity index (χ1n) is 2.32. The summed E-state index contributed by atoms with van der Waals surface area (Å²) in [5.41, 5.74) is 7.70. The molecular weight excluding hydrogens is 78.1 g/mol. The molecule has 0 bridgehead atoms. The molecule has 0 saturated carbocycles. The summed E-state index contributed by atoms with van der Waals surface area (Å²) in [6, 6.07) is 0. The van der Waals surface area contributed by atoms with Crippen LogP contribution in [0.25, 0.3) is 10.4 Å². The summed E-state index contributed by atoms with van der Waals surface area (Å²) in [7, 11) is 0. The number of hydrogen-bond donors (Lipinski definition) is 0. The van der Waals surface area contributed by atoms with Crippen molar-refractivity contribution in [1.29, 1.82) is 0 Å². The van der Waals surface area contributed by atoms with E-state index in [1.165, 1.54) is 0 Å². The van der Waals surface area contributed by atoms with Gasteiger partial charge >= 0.3 is 0 Å². The van der Waals surface area contributed by atoms with E-state index in [1.807, 2.05) is 0 Å². The average molecular weight is 85.1 g/mol. The van der Waals surface area contributed by atoms with Crippen LogP contribution in [-0.4, -0.2) is 6.50 Å². The highest BCUT2D eigenvalue weighted by Crippen LogP contribution is 1.67. The molecule has 0 atom stereocenters. The lowest BCUT2D eigenvalue weighted by Crippen LogP contribution is -1.58. The second-order valence-corrected chi connectivity index (χ2v) is 0.523. The maximum atomic E-state index is 7.70. The molecule has 0 amide bonds. The third-order valence-electron chi connectivity index (χ3n) is 0.194. The summed E-state index contributed by atoms with van der Waals surface area (Å²) >= 11 is 0. The van der Waals surface area contributed by atoms with E-state index in [-0.39, 0.29) is 0 Å². The Morgan fingerprint density at radius 2 is 3.00 bits per heavy atom. The predicted octanol–water partition coefficient (Wildman–Crippen LogP) is 1.48. The minimum absolute atomic E-state index is 0.937. The lowest BCUT2D eigenvalue weighted by atomic mass is 10.7. The lowest BCUT2D eigenvalue weighted by Gasteiger charge is -1.63. The van der Waals surface area contributed by atoms with E-state index in [0.29, 0.717) is 0 Å². The molecule has 0 rings (SSSR count). The van der Waals surface area contributed by atoms with E-state index < -0.39 is 6.50 Å². The fraction of sp³-hybridized carbons (Fsp3) is 0.333. The van der Waals surface area contributed by atoms with Gasteiger partial charge in [-0.3, -0.25) is 0 Å². The topological polar surface area (TPSA) is 48.8 Å². The molecule has 0 fully saturated rings. The molecule has 0 spiro atoms. The Kier molecular flexibility index (Phi) is 1.53. The predicted molar refractivity (Wildman–Crippen MR) is 24.2 cm³/mol. The van der Waals surface area contributed by atoms with Crippen LogP contribution in [0.1, 0.15) is 2.74 Å². The molecule has 0 saturated heterocycles. The van der Waals surface area contributed by atoms with Crippen molar-refractivity contribution in [3.63, 3.8) is 0 Å². The van der Waals surface area contributed by atoms with Gasteiger partial charge < -0.3 is 0 Å². The van der Waals surface area contributed by atoms with Crippen LogP contribution >= 0.6 is 0 Å². The summed E-state index contributed by atoms with van der Waals surface area (Å²) < 4.78 is 13.4. The van der Waals surface area contributed by atoms with Crippen LogP contribution < -0.4 is 0 Å². The standard InChI is InChI=1S/C3H5N3/c1-2-3-5-6-4/h2H,1,3H2/i3D2. The van der Waals surface area contributed by atoms with Crippen LogP contribution in [-0.2, 0) is 0 Å². The van der Waals surface area contributed by atoms with E-state index in [2.05, 4.69) is 16.6 Å². The zero-order valence-electron chi connectivity index (χ0n) is 5.13. The van der Waals surface area contributed by atoms with E-state index in [9.17, 15) is 0 Å². The number of hydrogen-bond acceptors (Lipinski definition) is 1. The van der Waals surface area contributed by atoms with Crippen LogP contribution in [0.4, 0.5) is 0 Å². The minimum Gasteiger partial charge on any atom is -0.103 e. The Morgan fingerprint density at radius 3 is 3.17 bits per heavy atom.